The standard InChI is InChI=1S/C15H9BrClN3OS/c16-10-3-1-9(2-4-10)7-12-14(21)20-15(22-12)19-13-6-5-11(17)8-18-13/h1-8H,(H,18,19,20,21)/b12-7-. The van der Waals surface area contributed by atoms with Crippen LogP contribution in [-0.4, -0.2) is 16.1 Å². The van der Waals surface area contributed by atoms with Crippen LogP contribution in [0.5, 0.6) is 0 Å². The average molecular weight is 395 g/mol. The van der Waals surface area contributed by atoms with E-state index in [1.165, 1.54) is 18.0 Å². The van der Waals surface area contributed by atoms with E-state index in [-0.39, 0.29) is 5.91 Å². The molecule has 0 unspecified atom stereocenters. The summed E-state index contributed by atoms with van der Waals surface area (Å²) in [5.74, 6) is 0.331. The number of aromatic nitrogens is 1. The molecule has 1 fully saturated rings. The molecule has 1 aliphatic heterocycles. The number of carbonyl (C=O) groups excluding carboxylic acids is 1. The molecule has 0 spiro atoms. The van der Waals surface area contributed by atoms with Gasteiger partial charge < -0.3 is 5.32 Å². The van der Waals surface area contributed by atoms with Crippen molar-refractivity contribution in [3.63, 3.8) is 0 Å². The van der Waals surface area contributed by atoms with Crippen molar-refractivity contribution in [1.82, 2.24) is 10.3 Å². The van der Waals surface area contributed by atoms with Crippen molar-refractivity contribution in [3.05, 3.63) is 62.6 Å². The van der Waals surface area contributed by atoms with E-state index >= 15 is 0 Å². The van der Waals surface area contributed by atoms with E-state index in [1.54, 1.807) is 12.1 Å². The quantitative estimate of drug-likeness (QED) is 0.769. The van der Waals surface area contributed by atoms with Gasteiger partial charge in [-0.1, -0.05) is 39.7 Å². The average Bonchev–Trinajstić information content (AvgIpc) is 2.84. The number of halogens is 2. The molecule has 0 radical (unpaired) electrons. The van der Waals surface area contributed by atoms with Crippen molar-refractivity contribution in [2.75, 3.05) is 0 Å². The van der Waals surface area contributed by atoms with Gasteiger partial charge in [-0.25, -0.2) is 9.98 Å². The van der Waals surface area contributed by atoms with Crippen molar-refractivity contribution in [2.45, 2.75) is 0 Å². The zero-order chi connectivity index (χ0) is 15.5. The van der Waals surface area contributed by atoms with Crippen molar-refractivity contribution < 1.29 is 4.79 Å². The topological polar surface area (TPSA) is 54.4 Å². The van der Waals surface area contributed by atoms with Crippen molar-refractivity contribution >= 4 is 62.3 Å². The first-order chi connectivity index (χ1) is 10.6. The van der Waals surface area contributed by atoms with E-state index in [1.807, 2.05) is 30.3 Å². The number of rotatable bonds is 2. The first-order valence-electron chi connectivity index (χ1n) is 6.27. The van der Waals surface area contributed by atoms with Gasteiger partial charge in [0.05, 0.1) is 9.93 Å². The fourth-order valence-corrected chi connectivity index (χ4v) is 2.94. The maximum absolute atomic E-state index is 12.0. The molecule has 7 heteroatoms. The van der Waals surface area contributed by atoms with E-state index in [4.69, 9.17) is 11.6 Å². The smallest absolute Gasteiger partial charge is 0.264 e. The second-order valence-corrected chi connectivity index (χ2v) is 6.75. The highest BCUT2D eigenvalue weighted by Crippen LogP contribution is 2.28. The van der Waals surface area contributed by atoms with Crippen molar-refractivity contribution in [2.24, 2.45) is 4.99 Å². The Kier molecular flexibility index (Phi) is 4.61. The van der Waals surface area contributed by atoms with Gasteiger partial charge in [-0.15, -0.1) is 0 Å². The Morgan fingerprint density at radius 2 is 2.00 bits per heavy atom. The highest BCUT2D eigenvalue weighted by Gasteiger charge is 2.23. The number of carbonyl (C=O) groups is 1. The second kappa shape index (κ2) is 6.64. The summed E-state index contributed by atoms with van der Waals surface area (Å²) in [6, 6.07) is 11.1. The molecule has 1 N–H and O–H groups in total. The molecule has 0 saturated carbocycles. The van der Waals surface area contributed by atoms with Gasteiger partial charge >= 0.3 is 0 Å². The van der Waals surface area contributed by atoms with Gasteiger partial charge in [0.1, 0.15) is 0 Å². The van der Waals surface area contributed by atoms with Crippen LogP contribution in [0.4, 0.5) is 5.82 Å². The Labute approximate surface area is 144 Å². The molecule has 110 valence electrons. The maximum atomic E-state index is 12.0. The molecule has 0 atom stereocenters. The fourth-order valence-electron chi connectivity index (χ4n) is 1.73. The Hall–Kier alpha value is -1.63. The van der Waals surface area contributed by atoms with Gasteiger partial charge in [0, 0.05) is 10.7 Å². The predicted molar refractivity (Wildman–Crippen MR) is 94.2 cm³/mol. The SMILES string of the molecule is O=C1NC(=Nc2ccc(Cl)cn2)S/C1=C\c1ccc(Br)cc1. The minimum Gasteiger partial charge on any atom is -0.300 e. The first-order valence-corrected chi connectivity index (χ1v) is 8.25. The van der Waals surface area contributed by atoms with Gasteiger partial charge in [0.15, 0.2) is 11.0 Å². The van der Waals surface area contributed by atoms with E-state index < -0.39 is 0 Å². The van der Waals surface area contributed by atoms with E-state index in [0.29, 0.717) is 20.9 Å². The summed E-state index contributed by atoms with van der Waals surface area (Å²) < 4.78 is 0.995. The number of pyridine rings is 1. The molecular weight excluding hydrogens is 386 g/mol. The molecule has 4 nitrogen and oxygen atoms in total. The van der Waals surface area contributed by atoms with Crippen molar-refractivity contribution in [1.29, 1.82) is 0 Å². The van der Waals surface area contributed by atoms with Crippen LogP contribution in [0.15, 0.2) is 57.0 Å². The fraction of sp³-hybridized carbons (Fsp3) is 0. The van der Waals surface area contributed by atoms with Crippen LogP contribution in [0.1, 0.15) is 5.56 Å². The van der Waals surface area contributed by atoms with E-state index in [9.17, 15) is 4.79 Å². The minimum absolute atomic E-state index is 0.166. The van der Waals surface area contributed by atoms with Crippen LogP contribution in [0.25, 0.3) is 6.08 Å². The third-order valence-electron chi connectivity index (χ3n) is 2.75. The lowest BCUT2D eigenvalue weighted by Crippen LogP contribution is -2.19. The third-order valence-corrected chi connectivity index (χ3v) is 4.41. The number of hydrogen-bond donors (Lipinski definition) is 1. The number of nitrogens with one attached hydrogen (secondary N) is 1. The van der Waals surface area contributed by atoms with Crippen LogP contribution >= 0.6 is 39.3 Å². The predicted octanol–water partition coefficient (Wildman–Crippen LogP) is 4.39. The minimum atomic E-state index is -0.166. The van der Waals surface area contributed by atoms with Gasteiger partial charge in [0.25, 0.3) is 5.91 Å². The molecular formula is C15H9BrClN3OS. The Morgan fingerprint density at radius 3 is 2.68 bits per heavy atom. The number of amides is 1. The van der Waals surface area contributed by atoms with E-state index in [0.717, 1.165) is 10.0 Å². The molecule has 0 bridgehead atoms. The molecule has 22 heavy (non-hydrogen) atoms. The summed E-state index contributed by atoms with van der Waals surface area (Å²) >= 11 is 10.4. The Bertz CT molecular complexity index is 772. The number of amidine groups is 1. The maximum Gasteiger partial charge on any atom is 0.264 e. The molecule has 1 saturated heterocycles. The van der Waals surface area contributed by atoms with Gasteiger partial charge in [0.2, 0.25) is 0 Å². The summed E-state index contributed by atoms with van der Waals surface area (Å²) in [5.41, 5.74) is 0.951. The molecule has 1 aromatic heterocycles. The summed E-state index contributed by atoms with van der Waals surface area (Å²) in [6.07, 6.45) is 3.34. The van der Waals surface area contributed by atoms with Crippen LogP contribution in [0, 0.1) is 0 Å². The van der Waals surface area contributed by atoms with Gasteiger partial charge in [-0.05, 0) is 47.7 Å². The summed E-state index contributed by atoms with van der Waals surface area (Å²) in [4.78, 5) is 20.9. The van der Waals surface area contributed by atoms with Crippen LogP contribution in [0.3, 0.4) is 0 Å². The lowest BCUT2D eigenvalue weighted by atomic mass is 10.2. The third kappa shape index (κ3) is 3.76. The Balaban J connectivity index is 1.80. The number of thioether (sulfide) groups is 1. The van der Waals surface area contributed by atoms with Gasteiger partial charge in [-0.3, -0.25) is 4.79 Å². The summed E-state index contributed by atoms with van der Waals surface area (Å²) in [6.45, 7) is 0. The monoisotopic (exact) mass is 393 g/mol. The summed E-state index contributed by atoms with van der Waals surface area (Å²) in [7, 11) is 0. The molecule has 2 aromatic rings. The highest BCUT2D eigenvalue weighted by molar-refractivity contribution is 9.10. The zero-order valence-corrected chi connectivity index (χ0v) is 14.2. The van der Waals surface area contributed by atoms with E-state index in [2.05, 4.69) is 31.2 Å². The van der Waals surface area contributed by atoms with Crippen LogP contribution < -0.4 is 5.32 Å². The normalized spacial score (nSPS) is 18.0. The number of aliphatic imine (C=N–C) groups is 1. The lowest BCUT2D eigenvalue weighted by molar-refractivity contribution is -0.115. The number of nitrogens with zero attached hydrogens (tertiary/aromatic N) is 2. The number of hydrogen-bond acceptors (Lipinski definition) is 4. The molecule has 2 heterocycles. The Morgan fingerprint density at radius 1 is 1.23 bits per heavy atom. The van der Waals surface area contributed by atoms with Gasteiger partial charge in [-0.2, -0.15) is 0 Å². The summed E-state index contributed by atoms with van der Waals surface area (Å²) in [5, 5.41) is 3.77. The molecule has 0 aliphatic carbocycles. The highest BCUT2D eigenvalue weighted by atomic mass is 79.9. The van der Waals surface area contributed by atoms with Crippen molar-refractivity contribution in [3.8, 4) is 0 Å². The molecule has 1 amide bonds. The molecule has 1 aliphatic rings. The largest absolute Gasteiger partial charge is 0.300 e. The van der Waals surface area contributed by atoms with Crippen LogP contribution in [-0.2, 0) is 4.79 Å². The van der Waals surface area contributed by atoms with Crippen LogP contribution in [0.2, 0.25) is 5.02 Å². The lowest BCUT2D eigenvalue weighted by Gasteiger charge is -1.95. The first kappa shape index (κ1) is 15.3. The second-order valence-electron chi connectivity index (χ2n) is 4.37. The zero-order valence-electron chi connectivity index (χ0n) is 11.1. The molecule has 1 aromatic carbocycles. The molecule has 3 rings (SSSR count). The number of benzene rings is 1.